The fraction of sp³-hybridized carbons (Fsp3) is 0.600. The van der Waals surface area contributed by atoms with Gasteiger partial charge in [0.1, 0.15) is 12.1 Å². The van der Waals surface area contributed by atoms with Gasteiger partial charge in [-0.1, -0.05) is 140 Å². The van der Waals surface area contributed by atoms with Crippen LogP contribution in [0, 0.1) is 11.8 Å². The summed E-state index contributed by atoms with van der Waals surface area (Å²) in [5.41, 5.74) is 14.0. The number of hydrogen-bond donors (Lipinski definition) is 6. The van der Waals surface area contributed by atoms with E-state index in [1.165, 1.54) is 25.7 Å². The van der Waals surface area contributed by atoms with Crippen LogP contribution in [0.15, 0.2) is 60.7 Å². The fourth-order valence-electron chi connectivity index (χ4n) is 5.59. The summed E-state index contributed by atoms with van der Waals surface area (Å²) in [7, 11) is 0. The van der Waals surface area contributed by atoms with Crippen LogP contribution in [0.1, 0.15) is 103 Å². The van der Waals surface area contributed by atoms with Crippen molar-refractivity contribution in [3.05, 3.63) is 71.8 Å². The van der Waals surface area contributed by atoms with Crippen LogP contribution in [0.3, 0.4) is 0 Å². The zero-order chi connectivity index (χ0) is 36.7. The minimum Gasteiger partial charge on any atom is -0.354 e. The van der Waals surface area contributed by atoms with Gasteiger partial charge in [-0.3, -0.25) is 19.2 Å². The second-order valence-electron chi connectivity index (χ2n) is 14.2. The lowest BCUT2D eigenvalue weighted by Gasteiger charge is -2.22. The molecule has 0 aliphatic heterocycles. The first kappa shape index (κ1) is 42.4. The molecule has 2 aromatic carbocycles. The van der Waals surface area contributed by atoms with Crippen molar-refractivity contribution in [3.8, 4) is 0 Å². The van der Waals surface area contributed by atoms with Gasteiger partial charge in [0.2, 0.25) is 23.6 Å². The molecule has 10 nitrogen and oxygen atoms in total. The maximum absolute atomic E-state index is 13.0. The number of nitrogens with one attached hydrogen (secondary N) is 4. The molecule has 0 radical (unpaired) electrons. The Morgan fingerprint density at radius 3 is 1.08 bits per heavy atom. The van der Waals surface area contributed by atoms with Crippen molar-refractivity contribution in [3.63, 3.8) is 0 Å². The van der Waals surface area contributed by atoms with Gasteiger partial charge in [0.15, 0.2) is 0 Å². The van der Waals surface area contributed by atoms with Crippen LogP contribution in [-0.2, 0) is 32.0 Å². The molecular weight excluding hydrogens is 628 g/mol. The van der Waals surface area contributed by atoms with Crippen LogP contribution in [-0.4, -0.2) is 60.9 Å². The quantitative estimate of drug-likeness (QED) is 0.0836. The van der Waals surface area contributed by atoms with Gasteiger partial charge in [0, 0.05) is 25.9 Å². The normalized spacial score (nSPS) is 13.7. The highest BCUT2D eigenvalue weighted by Crippen LogP contribution is 2.11. The van der Waals surface area contributed by atoms with Crippen molar-refractivity contribution in [2.45, 2.75) is 129 Å². The Morgan fingerprint density at radius 2 is 0.780 bits per heavy atom. The topological polar surface area (TPSA) is 168 Å². The van der Waals surface area contributed by atoms with Crippen molar-refractivity contribution in [2.24, 2.45) is 23.3 Å². The van der Waals surface area contributed by atoms with Crippen molar-refractivity contribution >= 4 is 23.6 Å². The van der Waals surface area contributed by atoms with E-state index in [0.29, 0.717) is 25.9 Å². The molecule has 0 bridgehead atoms. The number of benzene rings is 2. The van der Waals surface area contributed by atoms with Gasteiger partial charge in [-0.15, -0.1) is 0 Å². The molecule has 2 aromatic rings. The van der Waals surface area contributed by atoms with E-state index < -0.39 is 24.2 Å². The van der Waals surface area contributed by atoms with E-state index >= 15 is 0 Å². The Morgan fingerprint density at radius 1 is 0.480 bits per heavy atom. The number of carbonyl (C=O) groups is 4. The lowest BCUT2D eigenvalue weighted by atomic mass is 10.0. The molecule has 278 valence electrons. The summed E-state index contributed by atoms with van der Waals surface area (Å²) in [5.74, 6) is -1.000. The molecule has 4 amide bonds. The number of nitrogens with two attached hydrogens (primary N) is 2. The summed E-state index contributed by atoms with van der Waals surface area (Å²) in [4.78, 5) is 51.2. The molecule has 0 unspecified atom stereocenters. The van der Waals surface area contributed by atoms with E-state index in [9.17, 15) is 19.2 Å². The molecule has 0 aliphatic carbocycles. The Kier molecular flexibility index (Phi) is 20.7. The summed E-state index contributed by atoms with van der Waals surface area (Å²) in [5, 5.41) is 11.7. The first-order valence-electron chi connectivity index (χ1n) is 18.7. The van der Waals surface area contributed by atoms with Crippen LogP contribution in [0.5, 0.6) is 0 Å². The van der Waals surface area contributed by atoms with E-state index in [4.69, 9.17) is 11.5 Å². The average molecular weight is 693 g/mol. The van der Waals surface area contributed by atoms with Gasteiger partial charge < -0.3 is 32.7 Å². The largest absolute Gasteiger partial charge is 0.354 e. The fourth-order valence-corrected chi connectivity index (χ4v) is 5.59. The number of hydrogen-bond acceptors (Lipinski definition) is 6. The highest BCUT2D eigenvalue weighted by molar-refractivity contribution is 5.90. The van der Waals surface area contributed by atoms with Crippen molar-refractivity contribution in [2.75, 3.05) is 13.1 Å². The van der Waals surface area contributed by atoms with Crippen LogP contribution < -0.4 is 32.7 Å². The summed E-state index contributed by atoms with van der Waals surface area (Å²) in [6.45, 7) is 8.72. The first-order chi connectivity index (χ1) is 24.0. The smallest absolute Gasteiger partial charge is 0.242 e. The molecule has 10 heteroatoms. The summed E-state index contributed by atoms with van der Waals surface area (Å²) >= 11 is 0. The lowest BCUT2D eigenvalue weighted by molar-refractivity contribution is -0.130. The summed E-state index contributed by atoms with van der Waals surface area (Å²) in [6, 6.07) is 16.7. The Bertz CT molecular complexity index is 1160. The monoisotopic (exact) mass is 692 g/mol. The third-order valence-corrected chi connectivity index (χ3v) is 9.08. The van der Waals surface area contributed by atoms with Gasteiger partial charge >= 0.3 is 0 Å². The SMILES string of the molecule is CC(C)[C@H](N)C(=O)N[C@@H](Cc1ccccc1)C(=O)NCCCCCCCCCCCCNC(=O)[C@H](Cc1ccccc1)NC(=O)[C@@H](N)C(C)C. The molecule has 0 saturated carbocycles. The predicted molar refractivity (Wildman–Crippen MR) is 202 cm³/mol. The molecule has 8 N–H and O–H groups in total. The second-order valence-corrected chi connectivity index (χ2v) is 14.2. The molecule has 0 heterocycles. The van der Waals surface area contributed by atoms with Crippen LogP contribution in [0.25, 0.3) is 0 Å². The maximum atomic E-state index is 13.0. The molecule has 0 aliphatic rings. The van der Waals surface area contributed by atoms with E-state index in [2.05, 4.69) is 21.3 Å². The Labute approximate surface area is 300 Å². The van der Waals surface area contributed by atoms with Gasteiger partial charge in [-0.2, -0.15) is 0 Å². The summed E-state index contributed by atoms with van der Waals surface area (Å²) in [6.07, 6.45) is 11.7. The average Bonchev–Trinajstić information content (AvgIpc) is 3.10. The highest BCUT2D eigenvalue weighted by Gasteiger charge is 2.26. The number of carbonyl (C=O) groups excluding carboxylic acids is 4. The molecule has 50 heavy (non-hydrogen) atoms. The van der Waals surface area contributed by atoms with E-state index in [0.717, 1.165) is 49.7 Å². The maximum Gasteiger partial charge on any atom is 0.242 e. The molecule has 0 spiro atoms. The number of rotatable bonds is 25. The van der Waals surface area contributed by atoms with Crippen LogP contribution in [0.2, 0.25) is 0 Å². The van der Waals surface area contributed by atoms with Gasteiger partial charge in [0.25, 0.3) is 0 Å². The third-order valence-electron chi connectivity index (χ3n) is 9.08. The standard InChI is InChI=1S/C40H64N6O4/c1-29(2)35(41)39(49)45-33(27-31-21-15-13-16-22-31)37(47)43-25-19-11-9-7-5-6-8-10-12-20-26-44-38(48)34(28-32-23-17-14-18-24-32)46-40(50)36(42)30(3)4/h13-18,21-24,29-30,33-36H,5-12,19-20,25-28,41-42H2,1-4H3,(H,43,47)(H,44,48)(H,45,49)(H,46,50)/t33-,34-,35-,36-/m0/s1. The lowest BCUT2D eigenvalue weighted by Crippen LogP contribution is -2.53. The second kappa shape index (κ2) is 24.4. The molecule has 4 atom stereocenters. The van der Waals surface area contributed by atoms with Gasteiger partial charge in [-0.25, -0.2) is 0 Å². The Balaban J connectivity index is 1.57. The molecule has 2 rings (SSSR count). The van der Waals surface area contributed by atoms with Gasteiger partial charge in [-0.05, 0) is 35.8 Å². The minimum atomic E-state index is -0.663. The van der Waals surface area contributed by atoms with Crippen LogP contribution >= 0.6 is 0 Å². The third kappa shape index (κ3) is 17.3. The van der Waals surface area contributed by atoms with Crippen LogP contribution in [0.4, 0.5) is 0 Å². The molecule has 0 saturated heterocycles. The zero-order valence-corrected chi connectivity index (χ0v) is 30.9. The van der Waals surface area contributed by atoms with Gasteiger partial charge in [0.05, 0.1) is 12.1 Å². The Hall–Kier alpha value is -3.76. The van der Waals surface area contributed by atoms with Crippen molar-refractivity contribution in [1.82, 2.24) is 21.3 Å². The first-order valence-corrected chi connectivity index (χ1v) is 18.7. The number of unbranched alkanes of at least 4 members (excludes halogenated alkanes) is 9. The zero-order valence-electron chi connectivity index (χ0n) is 30.9. The van der Waals surface area contributed by atoms with E-state index in [-0.39, 0.29) is 35.5 Å². The molecular formula is C40H64N6O4. The van der Waals surface area contributed by atoms with Crippen molar-refractivity contribution < 1.29 is 19.2 Å². The highest BCUT2D eigenvalue weighted by atomic mass is 16.2. The summed E-state index contributed by atoms with van der Waals surface area (Å²) < 4.78 is 0. The van der Waals surface area contributed by atoms with Crippen molar-refractivity contribution in [1.29, 1.82) is 0 Å². The van der Waals surface area contributed by atoms with E-state index in [1.54, 1.807) is 0 Å². The molecule has 0 fully saturated rings. The molecule has 0 aromatic heterocycles. The number of amides is 4. The van der Waals surface area contributed by atoms with E-state index in [1.807, 2.05) is 88.4 Å². The minimum absolute atomic E-state index is 0.0171. The predicted octanol–water partition coefficient (Wildman–Crippen LogP) is 4.54.